The second kappa shape index (κ2) is 5.07. The van der Waals surface area contributed by atoms with Crippen molar-refractivity contribution in [2.75, 3.05) is 11.4 Å². The normalized spacial score (nSPS) is 14.9. The van der Waals surface area contributed by atoms with Gasteiger partial charge in [-0.05, 0) is 35.2 Å². The first-order valence-electron chi connectivity index (χ1n) is 6.17. The van der Waals surface area contributed by atoms with Crippen molar-refractivity contribution in [2.45, 2.75) is 31.8 Å². The number of anilines is 1. The van der Waals surface area contributed by atoms with E-state index in [9.17, 15) is 0 Å². The van der Waals surface area contributed by atoms with Crippen LogP contribution >= 0.6 is 11.3 Å². The molecule has 0 saturated heterocycles. The number of thiophene rings is 1. The molecule has 6 heteroatoms. The molecule has 1 fully saturated rings. The van der Waals surface area contributed by atoms with Gasteiger partial charge in [-0.15, -0.1) is 5.10 Å². The van der Waals surface area contributed by atoms with Crippen LogP contribution in [0.25, 0.3) is 0 Å². The molecule has 1 saturated carbocycles. The van der Waals surface area contributed by atoms with Crippen molar-refractivity contribution in [1.29, 1.82) is 0 Å². The van der Waals surface area contributed by atoms with Gasteiger partial charge >= 0.3 is 6.01 Å². The topological polar surface area (TPSA) is 68.2 Å². The number of rotatable bonds is 6. The van der Waals surface area contributed by atoms with Gasteiger partial charge in [0.25, 0.3) is 0 Å². The Morgan fingerprint density at radius 1 is 1.44 bits per heavy atom. The third-order valence-corrected chi connectivity index (χ3v) is 3.71. The summed E-state index contributed by atoms with van der Waals surface area (Å²) in [4.78, 5) is 2.20. The van der Waals surface area contributed by atoms with Gasteiger partial charge < -0.3 is 15.1 Å². The fraction of sp³-hybridized carbons (Fsp3) is 0.500. The van der Waals surface area contributed by atoms with E-state index >= 15 is 0 Å². The Balaban J connectivity index is 1.76. The van der Waals surface area contributed by atoms with Crippen LogP contribution in [0.5, 0.6) is 0 Å². The lowest BCUT2D eigenvalue weighted by Crippen LogP contribution is -2.25. The molecule has 5 nitrogen and oxygen atoms in total. The Kier molecular flexibility index (Phi) is 3.29. The van der Waals surface area contributed by atoms with E-state index in [1.54, 1.807) is 11.3 Å². The summed E-state index contributed by atoms with van der Waals surface area (Å²) in [7, 11) is 0. The Hall–Kier alpha value is -1.40. The summed E-state index contributed by atoms with van der Waals surface area (Å²) in [5, 5.41) is 12.4. The van der Waals surface area contributed by atoms with Gasteiger partial charge in [-0.1, -0.05) is 5.10 Å². The highest BCUT2D eigenvalue weighted by molar-refractivity contribution is 7.07. The minimum Gasteiger partial charge on any atom is -0.408 e. The summed E-state index contributed by atoms with van der Waals surface area (Å²) in [6.07, 6.45) is 3.06. The summed E-state index contributed by atoms with van der Waals surface area (Å²) in [6.45, 7) is 1.38. The quantitative estimate of drug-likeness (QED) is 0.861. The molecular formula is C12H16N4OS. The van der Waals surface area contributed by atoms with Crippen LogP contribution in [0.15, 0.2) is 21.2 Å². The van der Waals surface area contributed by atoms with E-state index in [4.69, 9.17) is 10.2 Å². The van der Waals surface area contributed by atoms with E-state index < -0.39 is 0 Å². The Labute approximate surface area is 110 Å². The highest BCUT2D eigenvalue weighted by Gasteiger charge is 2.32. The number of aromatic nitrogens is 2. The van der Waals surface area contributed by atoms with E-state index in [-0.39, 0.29) is 0 Å². The second-order valence-corrected chi connectivity index (χ2v) is 5.29. The Morgan fingerprint density at radius 3 is 3.00 bits per heavy atom. The molecule has 2 aromatic rings. The molecule has 0 spiro atoms. The van der Waals surface area contributed by atoms with Crippen LogP contribution in [0.2, 0.25) is 0 Å². The largest absolute Gasteiger partial charge is 0.408 e. The van der Waals surface area contributed by atoms with Gasteiger partial charge in [-0.2, -0.15) is 11.3 Å². The fourth-order valence-corrected chi connectivity index (χ4v) is 2.56. The Bertz CT molecular complexity index is 492. The molecule has 3 rings (SSSR count). The molecule has 0 radical (unpaired) electrons. The van der Waals surface area contributed by atoms with Gasteiger partial charge in [0, 0.05) is 25.6 Å². The van der Waals surface area contributed by atoms with Gasteiger partial charge in [0.05, 0.1) is 0 Å². The average molecular weight is 264 g/mol. The van der Waals surface area contributed by atoms with Crippen LogP contribution in [-0.2, 0) is 13.0 Å². The first kappa shape index (κ1) is 11.7. The van der Waals surface area contributed by atoms with Crippen LogP contribution < -0.4 is 10.6 Å². The lowest BCUT2D eigenvalue weighted by molar-refractivity contribution is 0.480. The van der Waals surface area contributed by atoms with Crippen LogP contribution in [0, 0.1) is 0 Å². The van der Waals surface area contributed by atoms with Crippen LogP contribution in [0.1, 0.15) is 24.3 Å². The molecule has 0 aromatic carbocycles. The molecule has 96 valence electrons. The SMILES string of the molecule is NCCc1nnc(N(Cc2ccsc2)C2CC2)o1. The van der Waals surface area contributed by atoms with E-state index in [0.29, 0.717) is 30.9 Å². The lowest BCUT2D eigenvalue weighted by atomic mass is 10.3. The molecular weight excluding hydrogens is 248 g/mol. The minimum absolute atomic E-state index is 0.537. The van der Waals surface area contributed by atoms with Crippen LogP contribution in [-0.4, -0.2) is 22.8 Å². The first-order chi connectivity index (χ1) is 8.86. The predicted molar refractivity (Wildman–Crippen MR) is 70.6 cm³/mol. The van der Waals surface area contributed by atoms with Crippen molar-refractivity contribution in [3.05, 3.63) is 28.3 Å². The molecule has 2 aromatic heterocycles. The molecule has 2 N–H and O–H groups in total. The number of hydrogen-bond donors (Lipinski definition) is 1. The van der Waals surface area contributed by atoms with Gasteiger partial charge in [-0.25, -0.2) is 0 Å². The highest BCUT2D eigenvalue weighted by Crippen LogP contribution is 2.32. The summed E-state index contributed by atoms with van der Waals surface area (Å²) < 4.78 is 5.66. The molecule has 18 heavy (non-hydrogen) atoms. The average Bonchev–Trinajstić information content (AvgIpc) is 2.89. The molecule has 2 heterocycles. The van der Waals surface area contributed by atoms with Crippen molar-refractivity contribution in [3.63, 3.8) is 0 Å². The zero-order valence-electron chi connectivity index (χ0n) is 10.1. The fourth-order valence-electron chi connectivity index (χ4n) is 1.90. The van der Waals surface area contributed by atoms with Crippen molar-refractivity contribution in [1.82, 2.24) is 10.2 Å². The second-order valence-electron chi connectivity index (χ2n) is 4.51. The van der Waals surface area contributed by atoms with Crippen molar-refractivity contribution in [2.24, 2.45) is 5.73 Å². The monoisotopic (exact) mass is 264 g/mol. The third-order valence-electron chi connectivity index (χ3n) is 2.98. The van der Waals surface area contributed by atoms with E-state index in [1.165, 1.54) is 18.4 Å². The minimum atomic E-state index is 0.537. The maximum Gasteiger partial charge on any atom is 0.318 e. The molecule has 0 amide bonds. The van der Waals surface area contributed by atoms with E-state index in [0.717, 1.165) is 6.54 Å². The third kappa shape index (κ3) is 2.54. The molecule has 1 aliphatic carbocycles. The molecule has 0 bridgehead atoms. The number of hydrogen-bond acceptors (Lipinski definition) is 6. The van der Waals surface area contributed by atoms with E-state index in [2.05, 4.69) is 31.9 Å². The first-order valence-corrected chi connectivity index (χ1v) is 7.11. The summed E-state index contributed by atoms with van der Waals surface area (Å²) in [5.41, 5.74) is 6.78. The van der Waals surface area contributed by atoms with Gasteiger partial charge in [0.15, 0.2) is 0 Å². The zero-order valence-corrected chi connectivity index (χ0v) is 10.9. The standard InChI is InChI=1S/C12H16N4OS/c13-5-3-11-14-15-12(17-11)16(10-1-2-10)7-9-4-6-18-8-9/h4,6,8,10H,1-3,5,7,13H2. The van der Waals surface area contributed by atoms with Crippen molar-refractivity contribution >= 4 is 17.4 Å². The zero-order chi connectivity index (χ0) is 12.4. The molecule has 0 unspecified atom stereocenters. The molecule has 0 aliphatic heterocycles. The van der Waals surface area contributed by atoms with Crippen LogP contribution in [0.4, 0.5) is 6.01 Å². The van der Waals surface area contributed by atoms with E-state index in [1.807, 2.05) is 0 Å². The number of nitrogens with two attached hydrogens (primary N) is 1. The lowest BCUT2D eigenvalue weighted by Gasteiger charge is -2.18. The van der Waals surface area contributed by atoms with Crippen LogP contribution in [0.3, 0.4) is 0 Å². The van der Waals surface area contributed by atoms with Gasteiger partial charge in [0.2, 0.25) is 5.89 Å². The molecule has 1 aliphatic rings. The summed E-state index contributed by atoms with van der Waals surface area (Å²) in [5.74, 6) is 0.628. The summed E-state index contributed by atoms with van der Waals surface area (Å²) in [6, 6.07) is 3.32. The van der Waals surface area contributed by atoms with Gasteiger partial charge in [-0.3, -0.25) is 0 Å². The molecule has 0 atom stereocenters. The van der Waals surface area contributed by atoms with Crippen molar-refractivity contribution in [3.8, 4) is 0 Å². The predicted octanol–water partition coefficient (Wildman–Crippen LogP) is 1.80. The Morgan fingerprint density at radius 2 is 2.33 bits per heavy atom. The smallest absolute Gasteiger partial charge is 0.318 e. The highest BCUT2D eigenvalue weighted by atomic mass is 32.1. The maximum absolute atomic E-state index is 5.66. The number of nitrogens with zero attached hydrogens (tertiary/aromatic N) is 3. The van der Waals surface area contributed by atoms with Crippen molar-refractivity contribution < 1.29 is 4.42 Å². The summed E-state index contributed by atoms with van der Waals surface area (Å²) >= 11 is 1.71. The van der Waals surface area contributed by atoms with Gasteiger partial charge in [0.1, 0.15) is 0 Å². The maximum atomic E-state index is 5.66.